The van der Waals surface area contributed by atoms with Gasteiger partial charge in [-0.2, -0.15) is 0 Å². The summed E-state index contributed by atoms with van der Waals surface area (Å²) >= 11 is 0. The number of fused-ring (bicyclic) bond motifs is 1. The highest BCUT2D eigenvalue weighted by molar-refractivity contribution is 5.79. The second kappa shape index (κ2) is 5.22. The molecule has 0 amide bonds. The number of hydrogen-bond acceptors (Lipinski definition) is 3. The van der Waals surface area contributed by atoms with E-state index in [1.165, 1.54) is 12.1 Å². The first-order valence-corrected chi connectivity index (χ1v) is 6.83. The minimum Gasteiger partial charge on any atom is -0.379 e. The summed E-state index contributed by atoms with van der Waals surface area (Å²) in [5.74, 6) is -0.417. The van der Waals surface area contributed by atoms with E-state index in [-0.39, 0.29) is 0 Å². The zero-order valence-corrected chi connectivity index (χ0v) is 11.6. The van der Waals surface area contributed by atoms with E-state index in [0.29, 0.717) is 12.1 Å². The first-order chi connectivity index (χ1) is 10.1. The van der Waals surface area contributed by atoms with Gasteiger partial charge in [0.1, 0.15) is 11.4 Å². The number of aliphatic hydroxyl groups is 1. The average molecular weight is 282 g/mol. The third-order valence-corrected chi connectivity index (χ3v) is 3.74. The number of pyridine rings is 2. The fraction of sp³-hybridized carbons (Fsp3) is 0.176. The Labute approximate surface area is 122 Å². The molecule has 0 saturated heterocycles. The standard InChI is InChI=1S/C17H15FN2O/c1-2-17(21,16-8-6-14(18)11-20-16)13-5-7-15-12(10-13)4-3-9-19-15/h3-11,21H,2H2,1H3. The summed E-state index contributed by atoms with van der Waals surface area (Å²) in [7, 11) is 0. The van der Waals surface area contributed by atoms with Gasteiger partial charge in [0, 0.05) is 11.6 Å². The maximum absolute atomic E-state index is 13.0. The highest BCUT2D eigenvalue weighted by atomic mass is 19.1. The molecule has 0 aliphatic heterocycles. The molecule has 2 aromatic heterocycles. The molecule has 0 radical (unpaired) electrons. The molecule has 3 rings (SSSR count). The van der Waals surface area contributed by atoms with Gasteiger partial charge < -0.3 is 5.11 Å². The van der Waals surface area contributed by atoms with Crippen LogP contribution in [0.5, 0.6) is 0 Å². The Morgan fingerprint density at radius 2 is 2.00 bits per heavy atom. The van der Waals surface area contributed by atoms with Crippen LogP contribution in [-0.2, 0) is 5.60 Å². The molecular weight excluding hydrogens is 267 g/mol. The SMILES string of the molecule is CCC(O)(c1ccc2ncccc2c1)c1ccc(F)cn1. The van der Waals surface area contributed by atoms with Gasteiger partial charge >= 0.3 is 0 Å². The third-order valence-electron chi connectivity index (χ3n) is 3.74. The molecule has 0 bridgehead atoms. The summed E-state index contributed by atoms with van der Waals surface area (Å²) in [4.78, 5) is 8.30. The lowest BCUT2D eigenvalue weighted by atomic mass is 9.86. The van der Waals surface area contributed by atoms with Crippen molar-refractivity contribution in [1.29, 1.82) is 0 Å². The normalized spacial score (nSPS) is 14.0. The number of nitrogens with zero attached hydrogens (tertiary/aromatic N) is 2. The molecule has 0 fully saturated rings. The van der Waals surface area contributed by atoms with Gasteiger partial charge in [-0.3, -0.25) is 9.97 Å². The second-order valence-corrected chi connectivity index (χ2v) is 4.99. The molecule has 0 spiro atoms. The van der Waals surface area contributed by atoms with Gasteiger partial charge in [0.05, 0.1) is 17.4 Å². The van der Waals surface area contributed by atoms with Crippen LogP contribution in [0.1, 0.15) is 24.6 Å². The van der Waals surface area contributed by atoms with E-state index in [9.17, 15) is 9.50 Å². The first-order valence-electron chi connectivity index (χ1n) is 6.83. The lowest BCUT2D eigenvalue weighted by Gasteiger charge is -2.27. The molecule has 2 heterocycles. The van der Waals surface area contributed by atoms with E-state index in [2.05, 4.69) is 9.97 Å². The van der Waals surface area contributed by atoms with Crippen LogP contribution in [0, 0.1) is 5.82 Å². The molecule has 0 aliphatic carbocycles. The highest BCUT2D eigenvalue weighted by Crippen LogP contribution is 2.33. The van der Waals surface area contributed by atoms with Gasteiger partial charge in [0.2, 0.25) is 0 Å². The summed E-state index contributed by atoms with van der Waals surface area (Å²) < 4.78 is 13.0. The zero-order valence-electron chi connectivity index (χ0n) is 11.6. The van der Waals surface area contributed by atoms with Crippen LogP contribution in [0.4, 0.5) is 4.39 Å². The predicted molar refractivity (Wildman–Crippen MR) is 79.2 cm³/mol. The molecule has 1 N–H and O–H groups in total. The van der Waals surface area contributed by atoms with E-state index >= 15 is 0 Å². The molecule has 1 unspecified atom stereocenters. The van der Waals surface area contributed by atoms with Gasteiger partial charge in [-0.15, -0.1) is 0 Å². The van der Waals surface area contributed by atoms with Crippen molar-refractivity contribution in [2.24, 2.45) is 0 Å². The monoisotopic (exact) mass is 282 g/mol. The Kier molecular flexibility index (Phi) is 3.39. The first kappa shape index (κ1) is 13.6. The Morgan fingerprint density at radius 3 is 2.71 bits per heavy atom. The summed E-state index contributed by atoms with van der Waals surface area (Å²) in [6.07, 6.45) is 3.30. The van der Waals surface area contributed by atoms with Gasteiger partial charge in [-0.1, -0.05) is 19.1 Å². The van der Waals surface area contributed by atoms with E-state index < -0.39 is 11.4 Å². The fourth-order valence-corrected chi connectivity index (χ4v) is 2.49. The Morgan fingerprint density at radius 1 is 1.14 bits per heavy atom. The Balaban J connectivity index is 2.14. The van der Waals surface area contributed by atoms with Gasteiger partial charge in [-0.05, 0) is 42.3 Å². The summed E-state index contributed by atoms with van der Waals surface area (Å²) in [6, 6.07) is 12.2. The Bertz CT molecular complexity index is 773. The van der Waals surface area contributed by atoms with Crippen molar-refractivity contribution in [1.82, 2.24) is 9.97 Å². The second-order valence-electron chi connectivity index (χ2n) is 4.99. The van der Waals surface area contributed by atoms with Crippen molar-refractivity contribution in [2.75, 3.05) is 0 Å². The summed E-state index contributed by atoms with van der Waals surface area (Å²) in [5, 5.41) is 12.0. The summed E-state index contributed by atoms with van der Waals surface area (Å²) in [6.45, 7) is 1.87. The average Bonchev–Trinajstić information content (AvgIpc) is 2.54. The zero-order chi connectivity index (χ0) is 14.9. The van der Waals surface area contributed by atoms with Crippen LogP contribution in [0.15, 0.2) is 54.9 Å². The van der Waals surface area contributed by atoms with Crippen molar-refractivity contribution < 1.29 is 9.50 Å². The predicted octanol–water partition coefficient (Wildman–Crippen LogP) is 3.41. The van der Waals surface area contributed by atoms with Crippen molar-refractivity contribution >= 4 is 10.9 Å². The van der Waals surface area contributed by atoms with E-state index in [0.717, 1.165) is 22.7 Å². The van der Waals surface area contributed by atoms with E-state index in [1.807, 2.05) is 37.3 Å². The number of benzene rings is 1. The molecular formula is C17H15FN2O. The van der Waals surface area contributed by atoms with Gasteiger partial charge in [0.25, 0.3) is 0 Å². The lowest BCUT2D eigenvalue weighted by molar-refractivity contribution is 0.0719. The molecule has 1 atom stereocenters. The minimum absolute atomic E-state index is 0.417. The van der Waals surface area contributed by atoms with Crippen LogP contribution >= 0.6 is 0 Å². The topological polar surface area (TPSA) is 46.0 Å². The van der Waals surface area contributed by atoms with Gasteiger partial charge in [0.15, 0.2) is 0 Å². The molecule has 3 aromatic rings. The summed E-state index contributed by atoms with van der Waals surface area (Å²) in [5.41, 5.74) is 0.795. The van der Waals surface area contributed by atoms with Gasteiger partial charge in [-0.25, -0.2) is 4.39 Å². The number of hydrogen-bond donors (Lipinski definition) is 1. The van der Waals surface area contributed by atoms with Crippen molar-refractivity contribution in [2.45, 2.75) is 18.9 Å². The Hall–Kier alpha value is -2.33. The fourth-order valence-electron chi connectivity index (χ4n) is 2.49. The lowest BCUT2D eigenvalue weighted by Crippen LogP contribution is -2.27. The molecule has 106 valence electrons. The molecule has 21 heavy (non-hydrogen) atoms. The highest BCUT2D eigenvalue weighted by Gasteiger charge is 2.31. The molecule has 1 aromatic carbocycles. The van der Waals surface area contributed by atoms with E-state index in [1.54, 1.807) is 6.20 Å². The maximum atomic E-state index is 13.0. The van der Waals surface area contributed by atoms with Crippen LogP contribution in [0.3, 0.4) is 0 Å². The van der Waals surface area contributed by atoms with Crippen LogP contribution in [0.2, 0.25) is 0 Å². The van der Waals surface area contributed by atoms with Crippen molar-refractivity contribution in [3.8, 4) is 0 Å². The number of halogens is 1. The van der Waals surface area contributed by atoms with Crippen LogP contribution < -0.4 is 0 Å². The van der Waals surface area contributed by atoms with Crippen LogP contribution in [-0.4, -0.2) is 15.1 Å². The van der Waals surface area contributed by atoms with Crippen molar-refractivity contribution in [3.05, 3.63) is 71.9 Å². The number of rotatable bonds is 3. The molecule has 3 nitrogen and oxygen atoms in total. The maximum Gasteiger partial charge on any atom is 0.141 e. The van der Waals surface area contributed by atoms with Crippen LogP contribution in [0.25, 0.3) is 10.9 Å². The largest absolute Gasteiger partial charge is 0.379 e. The minimum atomic E-state index is -1.24. The smallest absolute Gasteiger partial charge is 0.141 e. The molecule has 4 heteroatoms. The molecule has 0 saturated carbocycles. The van der Waals surface area contributed by atoms with Crippen molar-refractivity contribution in [3.63, 3.8) is 0 Å². The third kappa shape index (κ3) is 2.38. The van der Waals surface area contributed by atoms with E-state index in [4.69, 9.17) is 0 Å². The molecule has 0 aliphatic rings. The number of aromatic nitrogens is 2. The quantitative estimate of drug-likeness (QED) is 0.800.